The maximum atomic E-state index is 4.97. The standard InChI is InChI=1S/C34H43N7/c1-4-40(26-27-12-11-13-28(19-18-27)34-36-21-9-10-22-37-34)31-16-7-5-14-29(31)35-23-20-33-38-30-15-6-8-17-32(30)41(33)25-24-39(2)3/h4-8,11-12,14-19,35H,1,9-10,13,20-26H2,2-3H3,(H,36,37). The molecule has 0 saturated carbocycles. The van der Waals surface area contributed by atoms with Crippen LogP contribution >= 0.6 is 0 Å². The smallest absolute Gasteiger partial charge is 0.124 e. The first-order chi connectivity index (χ1) is 20.1. The molecule has 1 aromatic heterocycles. The number of aromatic nitrogens is 2. The quantitative estimate of drug-likeness (QED) is 0.299. The number of imidazole rings is 1. The van der Waals surface area contributed by atoms with Gasteiger partial charge in [-0.1, -0.05) is 55.1 Å². The molecule has 0 spiro atoms. The molecule has 0 amide bonds. The van der Waals surface area contributed by atoms with Crippen LogP contribution < -0.4 is 15.5 Å². The minimum Gasteiger partial charge on any atom is -0.383 e. The zero-order valence-electron chi connectivity index (χ0n) is 24.5. The van der Waals surface area contributed by atoms with Crippen molar-refractivity contribution in [3.05, 3.63) is 103 Å². The van der Waals surface area contributed by atoms with Gasteiger partial charge in [-0.2, -0.15) is 0 Å². The lowest BCUT2D eigenvalue weighted by atomic mass is 10.1. The molecule has 3 aromatic rings. The summed E-state index contributed by atoms with van der Waals surface area (Å²) in [7, 11) is 4.23. The highest BCUT2D eigenvalue weighted by molar-refractivity contribution is 5.99. The molecule has 214 valence electrons. The number of amidine groups is 1. The van der Waals surface area contributed by atoms with Crippen LogP contribution in [0.4, 0.5) is 11.4 Å². The van der Waals surface area contributed by atoms with Gasteiger partial charge in [-0.25, -0.2) is 4.98 Å². The predicted octanol–water partition coefficient (Wildman–Crippen LogP) is 5.80. The monoisotopic (exact) mass is 549 g/mol. The van der Waals surface area contributed by atoms with E-state index >= 15 is 0 Å². The Balaban J connectivity index is 1.28. The van der Waals surface area contributed by atoms with Gasteiger partial charge >= 0.3 is 0 Å². The Morgan fingerprint density at radius 1 is 1.07 bits per heavy atom. The van der Waals surface area contributed by atoms with E-state index in [9.17, 15) is 0 Å². The summed E-state index contributed by atoms with van der Waals surface area (Å²) in [6.07, 6.45) is 14.9. The van der Waals surface area contributed by atoms with Crippen molar-refractivity contribution in [1.82, 2.24) is 19.8 Å². The average Bonchev–Trinajstić information content (AvgIpc) is 3.17. The average molecular weight is 550 g/mol. The molecule has 5 rings (SSSR count). The number of hydrogen-bond acceptors (Lipinski definition) is 6. The molecule has 0 unspecified atom stereocenters. The van der Waals surface area contributed by atoms with Crippen molar-refractivity contribution in [3.8, 4) is 0 Å². The fraction of sp³-hybridized carbons (Fsp3) is 0.353. The second-order valence-electron chi connectivity index (χ2n) is 10.9. The fourth-order valence-electron chi connectivity index (χ4n) is 5.35. The summed E-state index contributed by atoms with van der Waals surface area (Å²) < 4.78 is 2.36. The van der Waals surface area contributed by atoms with Gasteiger partial charge in [-0.15, -0.1) is 0 Å². The van der Waals surface area contributed by atoms with Gasteiger partial charge in [0.1, 0.15) is 11.7 Å². The highest BCUT2D eigenvalue weighted by Gasteiger charge is 2.14. The summed E-state index contributed by atoms with van der Waals surface area (Å²) in [5, 5.41) is 7.20. The van der Waals surface area contributed by atoms with Gasteiger partial charge in [0.25, 0.3) is 0 Å². The second-order valence-corrected chi connectivity index (χ2v) is 10.9. The van der Waals surface area contributed by atoms with E-state index in [1.54, 1.807) is 0 Å². The molecule has 0 bridgehead atoms. The molecular formula is C34H43N7. The molecule has 1 aliphatic heterocycles. The van der Waals surface area contributed by atoms with Crippen LogP contribution in [0.5, 0.6) is 0 Å². The second kappa shape index (κ2) is 14.0. The first-order valence-corrected chi connectivity index (χ1v) is 14.8. The Morgan fingerprint density at radius 3 is 2.80 bits per heavy atom. The summed E-state index contributed by atoms with van der Waals surface area (Å²) in [5.74, 6) is 2.16. The van der Waals surface area contributed by atoms with E-state index in [0.29, 0.717) is 0 Å². The Kier molecular flexibility index (Phi) is 9.70. The van der Waals surface area contributed by atoms with Crippen molar-refractivity contribution in [2.75, 3.05) is 57.0 Å². The summed E-state index contributed by atoms with van der Waals surface area (Å²) in [4.78, 5) is 14.2. The van der Waals surface area contributed by atoms with Crippen LogP contribution in [0.2, 0.25) is 0 Å². The van der Waals surface area contributed by atoms with Gasteiger partial charge in [-0.05, 0) is 75.0 Å². The molecule has 0 saturated heterocycles. The highest BCUT2D eigenvalue weighted by Crippen LogP contribution is 2.28. The molecule has 2 heterocycles. The fourth-order valence-corrected chi connectivity index (χ4v) is 5.35. The molecule has 7 heteroatoms. The number of rotatable bonds is 12. The van der Waals surface area contributed by atoms with Gasteiger partial charge in [-0.3, -0.25) is 4.99 Å². The van der Waals surface area contributed by atoms with E-state index in [0.717, 1.165) is 87.1 Å². The normalized spacial score (nSPS) is 15.4. The van der Waals surface area contributed by atoms with E-state index in [4.69, 9.17) is 9.98 Å². The van der Waals surface area contributed by atoms with Crippen molar-refractivity contribution < 1.29 is 0 Å². The molecule has 7 nitrogen and oxygen atoms in total. The van der Waals surface area contributed by atoms with Crippen LogP contribution in [0.25, 0.3) is 11.0 Å². The SMILES string of the molecule is C=CN(CC1=CC=C(C2=NCCCCN2)CC=C1)c1ccccc1NCCc1nc2ccccc2n1CCN(C)C. The molecule has 41 heavy (non-hydrogen) atoms. The molecule has 2 N–H and O–H groups in total. The maximum absolute atomic E-state index is 4.97. The van der Waals surface area contributed by atoms with Crippen molar-refractivity contribution in [2.24, 2.45) is 4.99 Å². The van der Waals surface area contributed by atoms with Crippen LogP contribution in [0.3, 0.4) is 0 Å². The molecular weight excluding hydrogens is 506 g/mol. The lowest BCUT2D eigenvalue weighted by Gasteiger charge is -2.24. The van der Waals surface area contributed by atoms with Crippen LogP contribution in [0, 0.1) is 0 Å². The van der Waals surface area contributed by atoms with E-state index < -0.39 is 0 Å². The van der Waals surface area contributed by atoms with E-state index in [1.165, 1.54) is 23.1 Å². The number of hydrogen-bond donors (Lipinski definition) is 2. The first kappa shape index (κ1) is 28.4. The van der Waals surface area contributed by atoms with Crippen molar-refractivity contribution in [3.63, 3.8) is 0 Å². The van der Waals surface area contributed by atoms with Gasteiger partial charge in [0.15, 0.2) is 0 Å². The number of nitrogens with zero attached hydrogens (tertiary/aromatic N) is 5. The minimum absolute atomic E-state index is 0.739. The number of aliphatic imine (C=N–C) groups is 1. The molecule has 0 atom stereocenters. The third-order valence-corrected chi connectivity index (χ3v) is 7.57. The van der Waals surface area contributed by atoms with Crippen molar-refractivity contribution in [1.29, 1.82) is 0 Å². The third-order valence-electron chi connectivity index (χ3n) is 7.57. The van der Waals surface area contributed by atoms with Crippen LogP contribution in [0.15, 0.2) is 102 Å². The van der Waals surface area contributed by atoms with E-state index in [-0.39, 0.29) is 0 Å². The summed E-state index contributed by atoms with van der Waals surface area (Å²) >= 11 is 0. The van der Waals surface area contributed by atoms with Gasteiger partial charge in [0, 0.05) is 45.7 Å². The Bertz CT molecular complexity index is 1460. The first-order valence-electron chi connectivity index (χ1n) is 14.8. The van der Waals surface area contributed by atoms with Crippen molar-refractivity contribution >= 4 is 28.2 Å². The van der Waals surface area contributed by atoms with E-state index in [2.05, 4.69) is 119 Å². The van der Waals surface area contributed by atoms with Crippen LogP contribution in [0.1, 0.15) is 25.1 Å². The molecule has 2 aromatic carbocycles. The molecule has 2 aliphatic rings. The zero-order chi connectivity index (χ0) is 28.4. The molecule has 1 aliphatic carbocycles. The summed E-state index contributed by atoms with van der Waals surface area (Å²) in [5.41, 5.74) is 6.95. The number of fused-ring (bicyclic) bond motifs is 1. The van der Waals surface area contributed by atoms with Gasteiger partial charge in [0.2, 0.25) is 0 Å². The van der Waals surface area contributed by atoms with E-state index in [1.807, 2.05) is 6.20 Å². The maximum Gasteiger partial charge on any atom is 0.124 e. The third kappa shape index (κ3) is 7.35. The number of anilines is 2. The topological polar surface area (TPSA) is 60.7 Å². The summed E-state index contributed by atoms with van der Waals surface area (Å²) in [6, 6.07) is 16.9. The number of likely N-dealkylation sites (N-methyl/N-ethyl adjacent to an activating group) is 1. The highest BCUT2D eigenvalue weighted by atomic mass is 15.1. The zero-order valence-corrected chi connectivity index (χ0v) is 24.5. The minimum atomic E-state index is 0.739. The Morgan fingerprint density at radius 2 is 1.93 bits per heavy atom. The predicted molar refractivity (Wildman–Crippen MR) is 174 cm³/mol. The largest absolute Gasteiger partial charge is 0.383 e. The van der Waals surface area contributed by atoms with Crippen LogP contribution in [-0.2, 0) is 13.0 Å². The van der Waals surface area contributed by atoms with Crippen molar-refractivity contribution in [2.45, 2.75) is 32.2 Å². The number of para-hydroxylation sites is 4. The number of allylic oxidation sites excluding steroid dienone is 3. The van der Waals surface area contributed by atoms with Gasteiger partial charge < -0.3 is 25.0 Å². The number of nitrogens with one attached hydrogen (secondary N) is 2. The lowest BCUT2D eigenvalue weighted by Crippen LogP contribution is -2.24. The molecule has 0 fully saturated rings. The van der Waals surface area contributed by atoms with Crippen LogP contribution in [-0.4, -0.2) is 67.1 Å². The summed E-state index contributed by atoms with van der Waals surface area (Å²) in [6.45, 7) is 9.48. The lowest BCUT2D eigenvalue weighted by molar-refractivity contribution is 0.383. The van der Waals surface area contributed by atoms with Gasteiger partial charge in [0.05, 0.1) is 22.4 Å². The Hall–Kier alpha value is -4.10. The molecule has 0 radical (unpaired) electrons. The Labute approximate surface area is 244 Å². The number of benzene rings is 2.